The van der Waals surface area contributed by atoms with Crippen molar-refractivity contribution < 1.29 is 13.5 Å². The largest absolute Gasteiger partial charge is 0.373 e. The van der Waals surface area contributed by atoms with E-state index in [0.717, 1.165) is 30.5 Å². The van der Waals surface area contributed by atoms with E-state index in [1.807, 2.05) is 17.1 Å². The van der Waals surface area contributed by atoms with Gasteiger partial charge < -0.3 is 4.74 Å². The molecule has 2 fully saturated rings. The maximum absolute atomic E-state index is 14.7. The Bertz CT molecular complexity index is 1410. The van der Waals surface area contributed by atoms with E-state index in [2.05, 4.69) is 25.3 Å². The lowest BCUT2D eigenvalue weighted by Crippen LogP contribution is -2.21. The number of aromatic amines is 1. The van der Waals surface area contributed by atoms with Crippen LogP contribution in [0, 0.1) is 11.6 Å². The van der Waals surface area contributed by atoms with Crippen LogP contribution in [-0.4, -0.2) is 36.6 Å². The van der Waals surface area contributed by atoms with Crippen LogP contribution in [0.15, 0.2) is 41.6 Å². The van der Waals surface area contributed by atoms with Gasteiger partial charge in [0.2, 0.25) is 0 Å². The summed E-state index contributed by atoms with van der Waals surface area (Å²) in [6.07, 6.45) is 8.64. The number of halogens is 2. The van der Waals surface area contributed by atoms with E-state index in [4.69, 9.17) is 4.74 Å². The molecule has 1 unspecified atom stereocenters. The highest BCUT2D eigenvalue weighted by Gasteiger charge is 2.31. The van der Waals surface area contributed by atoms with Crippen molar-refractivity contribution in [2.45, 2.75) is 43.7 Å². The fraction of sp³-hybridized carbons (Fsp3) is 0.348. The normalized spacial score (nSPS) is 20.9. The molecule has 0 amide bonds. The molecule has 1 aromatic carbocycles. The summed E-state index contributed by atoms with van der Waals surface area (Å²) in [6.45, 7) is 0.498. The number of ether oxygens (including phenoxy) is 1. The summed E-state index contributed by atoms with van der Waals surface area (Å²) in [5.41, 5.74) is 0.939. The SMILES string of the molecule is O=c1[nH]ncc2c(-c3ccc(F)cc3F)nc(C3CCO[C@@H](c4cnn(C5CC5)c4)C3)nc12. The minimum Gasteiger partial charge on any atom is -0.373 e. The molecular weight excluding hydrogens is 430 g/mol. The Labute approximate surface area is 186 Å². The van der Waals surface area contributed by atoms with Crippen LogP contribution in [-0.2, 0) is 4.74 Å². The van der Waals surface area contributed by atoms with Gasteiger partial charge in [0.25, 0.3) is 5.56 Å². The summed E-state index contributed by atoms with van der Waals surface area (Å²) in [5, 5.41) is 11.0. The fourth-order valence-electron chi connectivity index (χ4n) is 4.38. The van der Waals surface area contributed by atoms with Gasteiger partial charge in [0.15, 0.2) is 0 Å². The second kappa shape index (κ2) is 7.80. The number of nitrogens with one attached hydrogen (secondary N) is 1. The molecule has 1 saturated heterocycles. The first-order valence-electron chi connectivity index (χ1n) is 10.9. The van der Waals surface area contributed by atoms with Crippen LogP contribution in [0.2, 0.25) is 0 Å². The van der Waals surface area contributed by atoms with Crippen LogP contribution in [0.5, 0.6) is 0 Å². The first kappa shape index (κ1) is 20.1. The molecule has 168 valence electrons. The topological polar surface area (TPSA) is 98.6 Å². The average molecular weight is 450 g/mol. The lowest BCUT2D eigenvalue weighted by atomic mass is 9.92. The van der Waals surface area contributed by atoms with Gasteiger partial charge in [-0.05, 0) is 37.8 Å². The van der Waals surface area contributed by atoms with E-state index in [1.54, 1.807) is 0 Å². The summed E-state index contributed by atoms with van der Waals surface area (Å²) in [7, 11) is 0. The lowest BCUT2D eigenvalue weighted by molar-refractivity contribution is 0.00397. The zero-order valence-electron chi connectivity index (χ0n) is 17.5. The summed E-state index contributed by atoms with van der Waals surface area (Å²) in [6, 6.07) is 3.76. The molecule has 6 rings (SSSR count). The van der Waals surface area contributed by atoms with Crippen LogP contribution in [0.25, 0.3) is 22.2 Å². The molecule has 1 aliphatic heterocycles. The molecule has 1 saturated carbocycles. The zero-order chi connectivity index (χ0) is 22.5. The highest BCUT2D eigenvalue weighted by molar-refractivity contribution is 5.91. The number of hydrogen-bond donors (Lipinski definition) is 1. The maximum Gasteiger partial charge on any atom is 0.290 e. The Morgan fingerprint density at radius 2 is 2.00 bits per heavy atom. The van der Waals surface area contributed by atoms with Gasteiger partial charge >= 0.3 is 0 Å². The van der Waals surface area contributed by atoms with Gasteiger partial charge in [-0.25, -0.2) is 23.8 Å². The summed E-state index contributed by atoms with van der Waals surface area (Å²) >= 11 is 0. The van der Waals surface area contributed by atoms with Gasteiger partial charge in [0, 0.05) is 35.9 Å². The van der Waals surface area contributed by atoms with Crippen molar-refractivity contribution in [3.05, 3.63) is 70.2 Å². The highest BCUT2D eigenvalue weighted by Crippen LogP contribution is 2.39. The van der Waals surface area contributed by atoms with E-state index < -0.39 is 17.2 Å². The van der Waals surface area contributed by atoms with Crippen molar-refractivity contribution >= 4 is 10.9 Å². The van der Waals surface area contributed by atoms with E-state index in [1.165, 1.54) is 12.3 Å². The molecule has 4 aromatic rings. The van der Waals surface area contributed by atoms with Crippen LogP contribution in [0.1, 0.15) is 55.1 Å². The Hall–Kier alpha value is -3.53. The van der Waals surface area contributed by atoms with Gasteiger partial charge in [0.1, 0.15) is 23.0 Å². The van der Waals surface area contributed by atoms with E-state index in [9.17, 15) is 13.6 Å². The Morgan fingerprint density at radius 3 is 2.82 bits per heavy atom. The standard InChI is InChI=1S/C23H20F2N6O2/c24-14-1-4-16(18(25)8-14)20-17-10-26-30-23(32)21(17)29-22(28-20)12-5-6-33-19(7-12)13-9-27-31(11-13)15-2-3-15/h1,4,8-12,15,19H,2-3,5-7H2,(H,30,32)/t12?,19-/m1/s1. The third kappa shape index (κ3) is 3.70. The molecule has 4 heterocycles. The molecule has 8 nitrogen and oxygen atoms in total. The number of rotatable bonds is 4. The molecule has 0 spiro atoms. The van der Waals surface area contributed by atoms with Crippen LogP contribution in [0.3, 0.4) is 0 Å². The minimum atomic E-state index is -0.765. The molecule has 33 heavy (non-hydrogen) atoms. The molecule has 3 aromatic heterocycles. The molecule has 1 aliphatic carbocycles. The first-order valence-corrected chi connectivity index (χ1v) is 10.9. The van der Waals surface area contributed by atoms with Crippen LogP contribution >= 0.6 is 0 Å². The molecule has 0 radical (unpaired) electrons. The number of nitrogens with zero attached hydrogens (tertiary/aromatic N) is 5. The van der Waals surface area contributed by atoms with Crippen molar-refractivity contribution in [2.75, 3.05) is 6.61 Å². The first-order chi connectivity index (χ1) is 16.1. The number of benzene rings is 1. The van der Waals surface area contributed by atoms with E-state index in [0.29, 0.717) is 36.7 Å². The van der Waals surface area contributed by atoms with Gasteiger partial charge in [-0.2, -0.15) is 10.2 Å². The highest BCUT2D eigenvalue weighted by atomic mass is 19.1. The number of H-pyrrole nitrogens is 1. The van der Waals surface area contributed by atoms with Crippen molar-refractivity contribution in [1.29, 1.82) is 0 Å². The Morgan fingerprint density at radius 1 is 1.12 bits per heavy atom. The van der Waals surface area contributed by atoms with Gasteiger partial charge in [-0.15, -0.1) is 0 Å². The van der Waals surface area contributed by atoms with Crippen molar-refractivity contribution in [3.8, 4) is 11.3 Å². The van der Waals surface area contributed by atoms with E-state index in [-0.39, 0.29) is 28.8 Å². The third-order valence-corrected chi connectivity index (χ3v) is 6.29. The molecular formula is C23H20F2N6O2. The van der Waals surface area contributed by atoms with Gasteiger partial charge in [0.05, 0.1) is 35.6 Å². The molecule has 2 atom stereocenters. The predicted octanol–water partition coefficient (Wildman–Crippen LogP) is 3.83. The Kier molecular flexibility index (Phi) is 4.75. The molecule has 1 N–H and O–H groups in total. The number of fused-ring (bicyclic) bond motifs is 1. The molecule has 0 bridgehead atoms. The lowest BCUT2D eigenvalue weighted by Gasteiger charge is -2.28. The molecule has 2 aliphatic rings. The molecule has 10 heteroatoms. The predicted molar refractivity (Wildman–Crippen MR) is 114 cm³/mol. The van der Waals surface area contributed by atoms with Crippen molar-refractivity contribution in [2.24, 2.45) is 0 Å². The number of aromatic nitrogens is 6. The Balaban J connectivity index is 1.41. The summed E-state index contributed by atoms with van der Waals surface area (Å²) < 4.78 is 36.2. The van der Waals surface area contributed by atoms with Gasteiger partial charge in [-0.3, -0.25) is 9.48 Å². The van der Waals surface area contributed by atoms with Crippen LogP contribution in [0.4, 0.5) is 8.78 Å². The average Bonchev–Trinajstić information content (AvgIpc) is 3.55. The number of hydrogen-bond acceptors (Lipinski definition) is 6. The van der Waals surface area contributed by atoms with Gasteiger partial charge in [-0.1, -0.05) is 0 Å². The summed E-state index contributed by atoms with van der Waals surface area (Å²) in [5.74, 6) is -1.13. The minimum absolute atomic E-state index is 0.0896. The fourth-order valence-corrected chi connectivity index (χ4v) is 4.38. The van der Waals surface area contributed by atoms with E-state index >= 15 is 0 Å². The zero-order valence-corrected chi connectivity index (χ0v) is 17.5. The summed E-state index contributed by atoms with van der Waals surface area (Å²) in [4.78, 5) is 21.7. The second-order valence-corrected chi connectivity index (χ2v) is 8.58. The third-order valence-electron chi connectivity index (χ3n) is 6.29. The van der Waals surface area contributed by atoms with Crippen molar-refractivity contribution in [1.82, 2.24) is 29.9 Å². The second-order valence-electron chi connectivity index (χ2n) is 8.58. The smallest absolute Gasteiger partial charge is 0.290 e. The maximum atomic E-state index is 14.7. The quantitative estimate of drug-likeness (QED) is 0.508. The monoisotopic (exact) mass is 450 g/mol. The van der Waals surface area contributed by atoms with Crippen LogP contribution < -0.4 is 5.56 Å². The van der Waals surface area contributed by atoms with Crippen molar-refractivity contribution in [3.63, 3.8) is 0 Å².